The molecule has 3 rings (SSSR count). The summed E-state index contributed by atoms with van der Waals surface area (Å²) in [7, 11) is 1.39. The molecule has 1 N–H and O–H groups in total. The number of piperazine rings is 1. The van der Waals surface area contributed by atoms with Crippen molar-refractivity contribution in [1.82, 2.24) is 10.2 Å². The fourth-order valence-electron chi connectivity index (χ4n) is 2.68. The first-order chi connectivity index (χ1) is 10.7. The summed E-state index contributed by atoms with van der Waals surface area (Å²) in [6, 6.07) is 7.84. The van der Waals surface area contributed by atoms with Crippen molar-refractivity contribution in [2.45, 2.75) is 18.9 Å². The third-order valence-corrected chi connectivity index (χ3v) is 4.12. The number of nitrogens with zero attached hydrogens (tertiary/aromatic N) is 2. The molecule has 0 radical (unpaired) electrons. The van der Waals surface area contributed by atoms with Gasteiger partial charge in [0.15, 0.2) is 0 Å². The molecular weight excluding hydrogens is 282 g/mol. The molecule has 118 valence electrons. The van der Waals surface area contributed by atoms with Gasteiger partial charge in [-0.15, -0.1) is 0 Å². The molecule has 1 saturated heterocycles. The Bertz CT molecular complexity index is 564. The van der Waals surface area contributed by atoms with Crippen LogP contribution in [0, 0.1) is 0 Å². The summed E-state index contributed by atoms with van der Waals surface area (Å²) in [5.74, 6) is -0.329. The molecule has 0 spiro atoms. The lowest BCUT2D eigenvalue weighted by Crippen LogP contribution is -2.52. The number of urea groups is 1. The summed E-state index contributed by atoms with van der Waals surface area (Å²) < 4.78 is 4.84. The fourth-order valence-corrected chi connectivity index (χ4v) is 2.68. The van der Waals surface area contributed by atoms with Crippen molar-refractivity contribution in [3.05, 3.63) is 29.8 Å². The maximum absolute atomic E-state index is 12.0. The van der Waals surface area contributed by atoms with Gasteiger partial charge in [-0.1, -0.05) is 12.1 Å². The van der Waals surface area contributed by atoms with Gasteiger partial charge in [-0.25, -0.2) is 9.59 Å². The largest absolute Gasteiger partial charge is 0.465 e. The van der Waals surface area contributed by atoms with E-state index < -0.39 is 0 Å². The summed E-state index contributed by atoms with van der Waals surface area (Å²) in [5.41, 5.74) is 1.44. The maximum Gasteiger partial charge on any atom is 0.339 e. The molecule has 1 aromatic carbocycles. The number of carbonyl (C=O) groups excluding carboxylic acids is 2. The lowest BCUT2D eigenvalue weighted by atomic mass is 10.1. The van der Waals surface area contributed by atoms with Crippen LogP contribution in [-0.4, -0.2) is 56.2 Å². The van der Waals surface area contributed by atoms with Crippen molar-refractivity contribution in [1.29, 1.82) is 0 Å². The number of carbonyl (C=O) groups is 2. The zero-order valence-corrected chi connectivity index (χ0v) is 12.7. The lowest BCUT2D eigenvalue weighted by Gasteiger charge is -2.36. The highest BCUT2D eigenvalue weighted by Crippen LogP contribution is 2.23. The Hall–Kier alpha value is -2.24. The topological polar surface area (TPSA) is 61.9 Å². The second-order valence-corrected chi connectivity index (χ2v) is 5.71. The number of rotatable bonds is 3. The number of amides is 2. The third kappa shape index (κ3) is 3.16. The highest BCUT2D eigenvalue weighted by atomic mass is 16.5. The van der Waals surface area contributed by atoms with E-state index >= 15 is 0 Å². The van der Waals surface area contributed by atoms with Gasteiger partial charge in [0, 0.05) is 32.2 Å². The minimum atomic E-state index is -0.329. The number of nitrogens with one attached hydrogen (secondary N) is 1. The first-order valence-electron chi connectivity index (χ1n) is 7.67. The van der Waals surface area contributed by atoms with Gasteiger partial charge >= 0.3 is 12.0 Å². The highest BCUT2D eigenvalue weighted by Gasteiger charge is 2.28. The van der Waals surface area contributed by atoms with Gasteiger partial charge in [-0.2, -0.15) is 0 Å². The zero-order chi connectivity index (χ0) is 15.5. The molecule has 6 nitrogen and oxygen atoms in total. The van der Waals surface area contributed by atoms with Crippen LogP contribution in [0.3, 0.4) is 0 Å². The summed E-state index contributed by atoms with van der Waals surface area (Å²) in [6.45, 7) is 2.75. The van der Waals surface area contributed by atoms with Crippen LogP contribution in [0.2, 0.25) is 0 Å². The molecule has 1 heterocycles. The van der Waals surface area contributed by atoms with Crippen LogP contribution in [0.5, 0.6) is 0 Å². The fraction of sp³-hybridized carbons (Fsp3) is 0.500. The number of esters is 1. The molecule has 6 heteroatoms. The number of anilines is 1. The first kappa shape index (κ1) is 14.7. The van der Waals surface area contributed by atoms with E-state index in [0.29, 0.717) is 37.8 Å². The third-order valence-electron chi connectivity index (χ3n) is 4.12. The molecular formula is C16H21N3O3. The Morgan fingerprint density at radius 2 is 1.82 bits per heavy atom. The van der Waals surface area contributed by atoms with E-state index in [4.69, 9.17) is 4.74 Å². The molecule has 2 fully saturated rings. The average Bonchev–Trinajstić information content (AvgIpc) is 3.38. The minimum absolute atomic E-state index is 0.0309. The Labute approximate surface area is 130 Å². The molecule has 1 aromatic rings. The van der Waals surface area contributed by atoms with Crippen LogP contribution in [0.4, 0.5) is 10.5 Å². The molecule has 2 aliphatic rings. The van der Waals surface area contributed by atoms with Crippen LogP contribution in [0.25, 0.3) is 0 Å². The van der Waals surface area contributed by atoms with E-state index in [1.165, 1.54) is 7.11 Å². The van der Waals surface area contributed by atoms with E-state index in [2.05, 4.69) is 10.2 Å². The van der Waals surface area contributed by atoms with Gasteiger partial charge in [0.1, 0.15) is 0 Å². The number of methoxy groups -OCH3 is 1. The molecule has 1 aliphatic heterocycles. The number of benzene rings is 1. The van der Waals surface area contributed by atoms with Crippen LogP contribution >= 0.6 is 0 Å². The number of ether oxygens (including phenoxy) is 1. The van der Waals surface area contributed by atoms with Gasteiger partial charge in [0.2, 0.25) is 0 Å². The van der Waals surface area contributed by atoms with Crippen LogP contribution in [0.1, 0.15) is 23.2 Å². The predicted molar refractivity (Wildman–Crippen MR) is 83.1 cm³/mol. The van der Waals surface area contributed by atoms with Crippen molar-refractivity contribution in [3.8, 4) is 0 Å². The molecule has 22 heavy (non-hydrogen) atoms. The van der Waals surface area contributed by atoms with Gasteiger partial charge in [0.05, 0.1) is 18.4 Å². The predicted octanol–water partition coefficient (Wildman–Crippen LogP) is 1.47. The molecule has 0 atom stereocenters. The van der Waals surface area contributed by atoms with Crippen molar-refractivity contribution in [2.24, 2.45) is 0 Å². The zero-order valence-electron chi connectivity index (χ0n) is 12.7. The normalized spacial score (nSPS) is 18.0. The summed E-state index contributed by atoms with van der Waals surface area (Å²) in [5, 5.41) is 3.01. The minimum Gasteiger partial charge on any atom is -0.465 e. The molecule has 0 unspecified atom stereocenters. The standard InChI is InChI=1S/C16H21N3O3/c1-22-15(20)13-4-2-3-5-14(13)18-8-10-19(11-9-18)16(21)17-12-6-7-12/h2-5,12H,6-11H2,1H3,(H,17,21). The highest BCUT2D eigenvalue weighted by molar-refractivity contribution is 5.95. The number of hydrogen-bond acceptors (Lipinski definition) is 4. The van der Waals surface area contributed by atoms with Crippen molar-refractivity contribution < 1.29 is 14.3 Å². The number of para-hydroxylation sites is 1. The average molecular weight is 303 g/mol. The van der Waals surface area contributed by atoms with Gasteiger partial charge < -0.3 is 19.9 Å². The van der Waals surface area contributed by atoms with Crippen molar-refractivity contribution in [2.75, 3.05) is 38.2 Å². The van der Waals surface area contributed by atoms with E-state index in [0.717, 1.165) is 18.5 Å². The summed E-state index contributed by atoms with van der Waals surface area (Å²) in [4.78, 5) is 27.9. The lowest BCUT2D eigenvalue weighted by molar-refractivity contribution is 0.0601. The van der Waals surface area contributed by atoms with Crippen LogP contribution in [0.15, 0.2) is 24.3 Å². The van der Waals surface area contributed by atoms with Crippen molar-refractivity contribution >= 4 is 17.7 Å². The van der Waals surface area contributed by atoms with E-state index in [1.54, 1.807) is 6.07 Å². The molecule has 2 amide bonds. The van der Waals surface area contributed by atoms with E-state index in [1.807, 2.05) is 23.1 Å². The van der Waals surface area contributed by atoms with Crippen LogP contribution < -0.4 is 10.2 Å². The Morgan fingerprint density at radius 3 is 2.45 bits per heavy atom. The van der Waals surface area contributed by atoms with E-state index in [-0.39, 0.29) is 12.0 Å². The monoisotopic (exact) mass is 303 g/mol. The van der Waals surface area contributed by atoms with Gasteiger partial charge in [-0.3, -0.25) is 0 Å². The van der Waals surface area contributed by atoms with E-state index in [9.17, 15) is 9.59 Å². The SMILES string of the molecule is COC(=O)c1ccccc1N1CCN(C(=O)NC2CC2)CC1. The Morgan fingerprint density at radius 1 is 1.14 bits per heavy atom. The Balaban J connectivity index is 1.63. The second-order valence-electron chi connectivity index (χ2n) is 5.71. The smallest absolute Gasteiger partial charge is 0.339 e. The van der Waals surface area contributed by atoms with Gasteiger partial charge in [-0.05, 0) is 25.0 Å². The second kappa shape index (κ2) is 6.25. The first-order valence-corrected chi connectivity index (χ1v) is 7.67. The summed E-state index contributed by atoms with van der Waals surface area (Å²) >= 11 is 0. The molecule has 0 bridgehead atoms. The molecule has 0 aromatic heterocycles. The maximum atomic E-state index is 12.0. The van der Waals surface area contributed by atoms with Crippen LogP contribution in [-0.2, 0) is 4.74 Å². The van der Waals surface area contributed by atoms with Crippen molar-refractivity contribution in [3.63, 3.8) is 0 Å². The molecule has 1 saturated carbocycles. The number of hydrogen-bond donors (Lipinski definition) is 1. The van der Waals surface area contributed by atoms with Gasteiger partial charge in [0.25, 0.3) is 0 Å². The quantitative estimate of drug-likeness (QED) is 0.859. The summed E-state index contributed by atoms with van der Waals surface area (Å²) in [6.07, 6.45) is 2.19. The molecule has 1 aliphatic carbocycles. The Kier molecular flexibility index (Phi) is 4.18.